The number of fused-ring (bicyclic) bond motifs is 1. The maximum atomic E-state index is 11.3. The number of thiazole rings is 1. The molecule has 0 saturated carbocycles. The lowest BCUT2D eigenvalue weighted by Crippen LogP contribution is -2.38. The molecule has 15 nitrogen and oxygen atoms in total. The molecule has 4 N–H and O–H groups in total. The van der Waals surface area contributed by atoms with E-state index in [2.05, 4.69) is 63.4 Å². The molecular weight excluding hydrogens is 703 g/mol. The van der Waals surface area contributed by atoms with E-state index < -0.39 is 12.2 Å². The number of amides is 6. The third kappa shape index (κ3) is 18.2. The minimum Gasteiger partial charge on any atom is -0.453 e. The molecule has 292 valence electrons. The van der Waals surface area contributed by atoms with Gasteiger partial charge in [0, 0.05) is 43.1 Å². The van der Waals surface area contributed by atoms with Gasteiger partial charge in [0.15, 0.2) is 0 Å². The first kappa shape index (κ1) is 45.8. The van der Waals surface area contributed by atoms with Crippen LogP contribution in [0, 0.1) is 0 Å². The number of ether oxygens (including phenoxy) is 2. The Balaban J connectivity index is 0.000000384. The number of alkyl carbamates (subject to hydrolysis) is 2. The molecule has 2 saturated heterocycles. The van der Waals surface area contributed by atoms with Gasteiger partial charge in [-0.05, 0) is 68.1 Å². The van der Waals surface area contributed by atoms with Crippen LogP contribution in [-0.2, 0) is 28.7 Å². The number of nitrogens with zero attached hydrogens (tertiary/aromatic N) is 3. The van der Waals surface area contributed by atoms with E-state index in [1.165, 1.54) is 27.1 Å². The third-order valence-corrected chi connectivity index (χ3v) is 8.09. The summed E-state index contributed by atoms with van der Waals surface area (Å²) < 4.78 is 9.69. The first-order chi connectivity index (χ1) is 25.6. The summed E-state index contributed by atoms with van der Waals surface area (Å²) in [6, 6.07) is 13.1. The molecule has 2 fully saturated rings. The zero-order valence-electron chi connectivity index (χ0n) is 31.7. The molecule has 5 rings (SSSR count). The largest absolute Gasteiger partial charge is 0.453 e. The molecule has 0 bridgehead atoms. The molecule has 2 aromatic carbocycles. The summed E-state index contributed by atoms with van der Waals surface area (Å²) in [4.78, 5) is 72.8. The van der Waals surface area contributed by atoms with Gasteiger partial charge in [-0.25, -0.2) is 14.6 Å². The number of anilines is 2. The Labute approximate surface area is 316 Å². The van der Waals surface area contributed by atoms with Crippen LogP contribution in [0.25, 0.3) is 20.8 Å². The van der Waals surface area contributed by atoms with Crippen molar-refractivity contribution in [3.63, 3.8) is 0 Å². The van der Waals surface area contributed by atoms with E-state index >= 15 is 0 Å². The summed E-state index contributed by atoms with van der Waals surface area (Å²) >= 11 is 1.55. The summed E-state index contributed by atoms with van der Waals surface area (Å²) in [5.74, 6) is -0.0780. The minimum atomic E-state index is -0.562. The molecule has 3 heterocycles. The van der Waals surface area contributed by atoms with E-state index in [0.29, 0.717) is 12.8 Å². The van der Waals surface area contributed by atoms with Crippen LogP contribution in [0.2, 0.25) is 0 Å². The SMILES string of the molecule is CCC.CCC.COC(=O)NCC(=O)N1CCCC1.COC(=O)NCC(=O)N1CCCC1.O=CNc1ccc(-c2nc3ccc(NC=O)cc3s2)cc1. The lowest BCUT2D eigenvalue weighted by atomic mass is 10.2. The first-order valence-electron chi connectivity index (χ1n) is 17.7. The zero-order chi connectivity index (χ0) is 39.4. The van der Waals surface area contributed by atoms with Crippen LogP contribution in [0.5, 0.6) is 0 Å². The van der Waals surface area contributed by atoms with Gasteiger partial charge >= 0.3 is 12.2 Å². The number of carbonyl (C=O) groups excluding carboxylic acids is 6. The molecule has 6 amide bonds. The van der Waals surface area contributed by atoms with Crippen molar-refractivity contribution in [1.29, 1.82) is 0 Å². The smallest absolute Gasteiger partial charge is 0.407 e. The number of nitrogens with one attached hydrogen (secondary N) is 4. The number of likely N-dealkylation sites (tertiary alicyclic amines) is 2. The minimum absolute atomic E-state index is 0.0344. The van der Waals surface area contributed by atoms with E-state index in [4.69, 9.17) is 0 Å². The third-order valence-electron chi connectivity index (χ3n) is 7.03. The van der Waals surface area contributed by atoms with Gasteiger partial charge in [0.25, 0.3) is 0 Å². The predicted octanol–water partition coefficient (Wildman–Crippen LogP) is 5.86. The molecule has 53 heavy (non-hydrogen) atoms. The molecule has 16 heteroatoms. The second-order valence-corrected chi connectivity index (χ2v) is 12.6. The molecule has 1 aromatic heterocycles. The Kier molecular flexibility index (Phi) is 23.7. The fourth-order valence-electron chi connectivity index (χ4n) is 4.58. The fourth-order valence-corrected chi connectivity index (χ4v) is 5.59. The van der Waals surface area contributed by atoms with Gasteiger partial charge in [0.2, 0.25) is 24.6 Å². The molecule has 2 aliphatic rings. The summed E-state index contributed by atoms with van der Waals surface area (Å²) in [6.07, 6.45) is 6.91. The Bertz CT molecular complexity index is 1490. The quantitative estimate of drug-likeness (QED) is 0.194. The average molecular weight is 758 g/mol. The number of carbonyl (C=O) groups is 6. The summed E-state index contributed by atoms with van der Waals surface area (Å²) in [5, 5.41) is 10.8. The van der Waals surface area contributed by atoms with Crippen LogP contribution in [0.15, 0.2) is 42.5 Å². The van der Waals surface area contributed by atoms with Crippen LogP contribution in [-0.4, -0.2) is 105 Å². The Morgan fingerprint density at radius 2 is 1.11 bits per heavy atom. The molecule has 2 aliphatic heterocycles. The topological polar surface area (TPSA) is 188 Å². The van der Waals surface area contributed by atoms with Gasteiger partial charge in [-0.15, -0.1) is 11.3 Å². The van der Waals surface area contributed by atoms with Crippen LogP contribution in [0.3, 0.4) is 0 Å². The highest BCUT2D eigenvalue weighted by Gasteiger charge is 2.19. The second-order valence-electron chi connectivity index (χ2n) is 11.6. The second kappa shape index (κ2) is 27.4. The van der Waals surface area contributed by atoms with Crippen LogP contribution < -0.4 is 21.3 Å². The number of aromatic nitrogens is 1. The van der Waals surface area contributed by atoms with Gasteiger partial charge in [-0.1, -0.05) is 40.5 Å². The van der Waals surface area contributed by atoms with Crippen LogP contribution in [0.4, 0.5) is 21.0 Å². The van der Waals surface area contributed by atoms with Gasteiger partial charge in [-0.2, -0.15) is 0 Å². The molecule has 3 aromatic rings. The van der Waals surface area contributed by atoms with Crippen LogP contribution in [0.1, 0.15) is 66.2 Å². The number of benzene rings is 2. The normalized spacial score (nSPS) is 12.4. The van der Waals surface area contributed by atoms with E-state index in [-0.39, 0.29) is 24.9 Å². The van der Waals surface area contributed by atoms with Crippen molar-refractivity contribution in [3.8, 4) is 10.6 Å². The average Bonchev–Trinajstić information content (AvgIpc) is 3.98. The summed E-state index contributed by atoms with van der Waals surface area (Å²) in [6.45, 7) is 11.8. The zero-order valence-corrected chi connectivity index (χ0v) is 32.5. The van der Waals surface area contributed by atoms with E-state index in [1.807, 2.05) is 42.5 Å². The molecule has 0 spiro atoms. The van der Waals surface area contributed by atoms with E-state index in [9.17, 15) is 28.8 Å². The number of methoxy groups -OCH3 is 2. The highest BCUT2D eigenvalue weighted by molar-refractivity contribution is 7.21. The number of rotatable bonds is 9. The fraction of sp³-hybridized carbons (Fsp3) is 0.486. The predicted molar refractivity (Wildman–Crippen MR) is 209 cm³/mol. The van der Waals surface area contributed by atoms with Gasteiger partial charge in [-0.3, -0.25) is 19.2 Å². The monoisotopic (exact) mass is 757 g/mol. The van der Waals surface area contributed by atoms with E-state index in [1.54, 1.807) is 21.1 Å². The lowest BCUT2D eigenvalue weighted by molar-refractivity contribution is -0.129. The Morgan fingerprint density at radius 3 is 1.53 bits per heavy atom. The van der Waals surface area contributed by atoms with Crippen molar-refractivity contribution in [2.45, 2.75) is 66.2 Å². The maximum absolute atomic E-state index is 11.3. The molecule has 0 unspecified atom stereocenters. The molecule has 0 aliphatic carbocycles. The van der Waals surface area contributed by atoms with Crippen molar-refractivity contribution in [1.82, 2.24) is 25.4 Å². The highest BCUT2D eigenvalue weighted by atomic mass is 32.1. The Morgan fingerprint density at radius 1 is 0.698 bits per heavy atom. The lowest BCUT2D eigenvalue weighted by Gasteiger charge is -2.14. The van der Waals surface area contributed by atoms with Crippen molar-refractivity contribution in [3.05, 3.63) is 42.5 Å². The molecule has 0 atom stereocenters. The van der Waals surface area contributed by atoms with Crippen LogP contribution >= 0.6 is 11.3 Å². The van der Waals surface area contributed by atoms with Crippen molar-refractivity contribution in [2.75, 3.05) is 64.1 Å². The Hall–Kier alpha value is -5.25. The van der Waals surface area contributed by atoms with E-state index in [0.717, 1.165) is 84.0 Å². The van der Waals surface area contributed by atoms with Crippen molar-refractivity contribution >= 4 is 69.7 Å². The number of hydrogen-bond donors (Lipinski definition) is 4. The van der Waals surface area contributed by atoms with Crippen molar-refractivity contribution < 1.29 is 38.2 Å². The summed E-state index contributed by atoms with van der Waals surface area (Å²) in [7, 11) is 2.55. The van der Waals surface area contributed by atoms with Gasteiger partial charge < -0.3 is 40.5 Å². The maximum Gasteiger partial charge on any atom is 0.407 e. The van der Waals surface area contributed by atoms with Gasteiger partial charge in [0.05, 0.1) is 24.4 Å². The standard InChI is InChI=1S/C15H11N3O2S.2C8H14N2O3.2C3H8/c19-8-16-11-3-1-10(2-4-11)15-18-13-6-5-12(17-9-20)7-14(13)21-15;2*1-13-8(12)9-6-7(11)10-4-2-3-5-10;2*1-3-2/h1-9H,(H,16,19)(H,17,20);2*2-6H2,1H3,(H,9,12);2*3H2,1-2H3. The summed E-state index contributed by atoms with van der Waals surface area (Å²) in [5.41, 5.74) is 3.37. The first-order valence-corrected chi connectivity index (χ1v) is 18.5. The molecular formula is C37H55N7O8S. The van der Waals surface area contributed by atoms with Crippen molar-refractivity contribution in [2.24, 2.45) is 0 Å². The molecule has 0 radical (unpaired) electrons. The van der Waals surface area contributed by atoms with Gasteiger partial charge in [0.1, 0.15) is 18.1 Å². The highest BCUT2D eigenvalue weighted by Crippen LogP contribution is 2.32. The number of hydrogen-bond acceptors (Lipinski definition) is 10.